The maximum atomic E-state index is 11.2. The second-order valence-electron chi connectivity index (χ2n) is 9.09. The molecule has 0 heterocycles. The first-order valence-corrected chi connectivity index (χ1v) is 10.7. The molecule has 2 atom stereocenters. The summed E-state index contributed by atoms with van der Waals surface area (Å²) in [6, 6.07) is 3.29. The number of benzene rings is 1. The second-order valence-corrected chi connectivity index (χ2v) is 9.09. The summed E-state index contributed by atoms with van der Waals surface area (Å²) >= 11 is 0. The lowest BCUT2D eigenvalue weighted by Crippen LogP contribution is -2.21. The van der Waals surface area contributed by atoms with Crippen molar-refractivity contribution >= 4 is 5.97 Å². The summed E-state index contributed by atoms with van der Waals surface area (Å²) in [5.41, 5.74) is 2.60. The van der Waals surface area contributed by atoms with Crippen molar-refractivity contribution in [2.45, 2.75) is 64.7 Å². The van der Waals surface area contributed by atoms with E-state index in [9.17, 15) is 25.1 Å². The first kappa shape index (κ1) is 25.2. The molecule has 0 spiro atoms. The van der Waals surface area contributed by atoms with Crippen LogP contribution in [-0.2, 0) is 19.8 Å². The highest BCUT2D eigenvalue weighted by molar-refractivity contribution is 5.66. The van der Waals surface area contributed by atoms with E-state index < -0.39 is 10.5 Å². The standard InChI is InChI=1S/C24H33NO7/c1-15(2)19-8-7-17(14-31-16(3)26)11-20(19)23-21(27)12-18(13-22(23)28)24(4,5)9-6-10-32-25(29)30/h11-13,19-20,27-28H,1,6-10,14H2,2-5H3/t19-,20+/m1/s1. The molecule has 8 heteroatoms. The van der Waals surface area contributed by atoms with Crippen molar-refractivity contribution in [3.8, 4) is 11.5 Å². The van der Waals surface area contributed by atoms with Gasteiger partial charge in [-0.05, 0) is 67.2 Å². The molecule has 0 radical (unpaired) electrons. The average Bonchev–Trinajstić information content (AvgIpc) is 2.69. The van der Waals surface area contributed by atoms with E-state index in [1.165, 1.54) is 6.92 Å². The summed E-state index contributed by atoms with van der Waals surface area (Å²) < 4.78 is 5.14. The van der Waals surface area contributed by atoms with Crippen LogP contribution in [0.4, 0.5) is 0 Å². The molecule has 0 aliphatic heterocycles. The van der Waals surface area contributed by atoms with E-state index in [0.717, 1.165) is 29.6 Å². The first-order valence-electron chi connectivity index (χ1n) is 10.7. The highest BCUT2D eigenvalue weighted by atomic mass is 16.9. The van der Waals surface area contributed by atoms with Crippen LogP contribution in [0.15, 0.2) is 35.9 Å². The third kappa shape index (κ3) is 6.48. The monoisotopic (exact) mass is 447 g/mol. The van der Waals surface area contributed by atoms with Crippen molar-refractivity contribution in [3.05, 3.63) is 57.2 Å². The van der Waals surface area contributed by atoms with Gasteiger partial charge in [0.05, 0.1) is 6.61 Å². The van der Waals surface area contributed by atoms with E-state index in [-0.39, 0.29) is 42.5 Å². The van der Waals surface area contributed by atoms with Gasteiger partial charge in [-0.1, -0.05) is 32.1 Å². The van der Waals surface area contributed by atoms with E-state index in [1.54, 1.807) is 12.1 Å². The molecular weight excluding hydrogens is 414 g/mol. The quantitative estimate of drug-likeness (QED) is 0.172. The number of carbonyl (C=O) groups excluding carboxylic acids is 1. The summed E-state index contributed by atoms with van der Waals surface area (Å²) in [4.78, 5) is 25.9. The lowest BCUT2D eigenvalue weighted by Gasteiger charge is -2.33. The number of allylic oxidation sites excluding steroid dienone is 2. The van der Waals surface area contributed by atoms with Gasteiger partial charge in [-0.2, -0.15) is 0 Å². The van der Waals surface area contributed by atoms with Gasteiger partial charge in [0.2, 0.25) is 0 Å². The van der Waals surface area contributed by atoms with Crippen molar-refractivity contribution in [1.82, 2.24) is 0 Å². The molecule has 1 aliphatic rings. The molecule has 8 nitrogen and oxygen atoms in total. The number of rotatable bonds is 10. The van der Waals surface area contributed by atoms with Crippen LogP contribution in [0.3, 0.4) is 0 Å². The van der Waals surface area contributed by atoms with E-state index in [1.807, 2.05) is 26.8 Å². The van der Waals surface area contributed by atoms with Crippen molar-refractivity contribution < 1.29 is 29.7 Å². The zero-order chi connectivity index (χ0) is 24.1. The number of hydrogen-bond donors (Lipinski definition) is 2. The van der Waals surface area contributed by atoms with Crippen molar-refractivity contribution in [1.29, 1.82) is 0 Å². The summed E-state index contributed by atoms with van der Waals surface area (Å²) in [7, 11) is 0. The van der Waals surface area contributed by atoms with E-state index in [4.69, 9.17) is 4.74 Å². The predicted octanol–water partition coefficient (Wildman–Crippen LogP) is 4.92. The molecule has 176 valence electrons. The Morgan fingerprint density at radius 2 is 1.91 bits per heavy atom. The fourth-order valence-corrected chi connectivity index (χ4v) is 4.28. The topological polar surface area (TPSA) is 119 Å². The highest BCUT2D eigenvalue weighted by Gasteiger charge is 2.32. The Labute approximate surface area is 188 Å². The zero-order valence-corrected chi connectivity index (χ0v) is 19.2. The maximum Gasteiger partial charge on any atom is 0.302 e. The molecule has 0 amide bonds. The smallest absolute Gasteiger partial charge is 0.302 e. The van der Waals surface area contributed by atoms with Gasteiger partial charge in [0, 0.05) is 18.4 Å². The molecule has 1 aromatic rings. The van der Waals surface area contributed by atoms with Crippen molar-refractivity contribution in [2.24, 2.45) is 5.92 Å². The molecule has 1 aliphatic carbocycles. The van der Waals surface area contributed by atoms with Gasteiger partial charge < -0.3 is 19.8 Å². The molecule has 0 unspecified atom stereocenters. The van der Waals surface area contributed by atoms with E-state index in [2.05, 4.69) is 11.4 Å². The number of esters is 1. The number of hydrogen-bond acceptors (Lipinski definition) is 7. The minimum Gasteiger partial charge on any atom is -0.507 e. The van der Waals surface area contributed by atoms with E-state index >= 15 is 0 Å². The Morgan fingerprint density at radius 3 is 2.44 bits per heavy atom. The Morgan fingerprint density at radius 1 is 1.28 bits per heavy atom. The van der Waals surface area contributed by atoms with Gasteiger partial charge in [0.15, 0.2) is 0 Å². The van der Waals surface area contributed by atoms with Crippen LogP contribution in [0.25, 0.3) is 0 Å². The highest BCUT2D eigenvalue weighted by Crippen LogP contribution is 2.47. The number of nitrogens with zero attached hydrogens (tertiary/aromatic N) is 1. The van der Waals surface area contributed by atoms with Crippen LogP contribution in [0.2, 0.25) is 0 Å². The van der Waals surface area contributed by atoms with Gasteiger partial charge in [-0.3, -0.25) is 4.79 Å². The van der Waals surface area contributed by atoms with Gasteiger partial charge in [-0.15, -0.1) is 10.1 Å². The van der Waals surface area contributed by atoms with Crippen LogP contribution >= 0.6 is 0 Å². The molecule has 0 bridgehead atoms. The maximum absolute atomic E-state index is 11.2. The molecule has 0 saturated heterocycles. The third-order valence-electron chi connectivity index (χ3n) is 6.11. The molecule has 32 heavy (non-hydrogen) atoms. The molecule has 0 saturated carbocycles. The van der Waals surface area contributed by atoms with Crippen molar-refractivity contribution in [2.75, 3.05) is 13.2 Å². The Balaban J connectivity index is 2.33. The van der Waals surface area contributed by atoms with Gasteiger partial charge >= 0.3 is 5.97 Å². The molecule has 1 aromatic carbocycles. The van der Waals surface area contributed by atoms with Gasteiger partial charge in [0.25, 0.3) is 5.09 Å². The molecule has 0 fully saturated rings. The minimum atomic E-state index is -0.815. The summed E-state index contributed by atoms with van der Waals surface area (Å²) in [6.07, 6.45) is 4.51. The van der Waals surface area contributed by atoms with Crippen LogP contribution in [-0.4, -0.2) is 34.5 Å². The lowest BCUT2D eigenvalue weighted by atomic mass is 9.72. The second kappa shape index (κ2) is 10.5. The minimum absolute atomic E-state index is 0.00918. The largest absolute Gasteiger partial charge is 0.507 e. The summed E-state index contributed by atoms with van der Waals surface area (Å²) in [6.45, 7) is 11.4. The van der Waals surface area contributed by atoms with Crippen molar-refractivity contribution in [3.63, 3.8) is 0 Å². The average molecular weight is 448 g/mol. The molecule has 2 N–H and O–H groups in total. The number of ether oxygens (including phenoxy) is 1. The van der Waals surface area contributed by atoms with Crippen LogP contribution < -0.4 is 0 Å². The summed E-state index contributed by atoms with van der Waals surface area (Å²) in [5, 5.41) is 31.3. The number of phenols is 2. The first-order chi connectivity index (χ1) is 14.9. The van der Waals surface area contributed by atoms with Crippen LogP contribution in [0, 0.1) is 16.0 Å². The third-order valence-corrected chi connectivity index (χ3v) is 6.11. The van der Waals surface area contributed by atoms with Crippen LogP contribution in [0.1, 0.15) is 70.4 Å². The summed E-state index contributed by atoms with van der Waals surface area (Å²) in [5.74, 6) is -0.652. The molecule has 0 aromatic heterocycles. The number of phenolic OH excluding ortho intramolecular Hbond substituents is 2. The van der Waals surface area contributed by atoms with Gasteiger partial charge in [-0.25, -0.2) is 0 Å². The normalized spacial score (nSPS) is 18.6. The van der Waals surface area contributed by atoms with E-state index in [0.29, 0.717) is 18.4 Å². The van der Waals surface area contributed by atoms with Crippen LogP contribution in [0.5, 0.6) is 11.5 Å². The number of aromatic hydroxyl groups is 2. The van der Waals surface area contributed by atoms with Gasteiger partial charge in [0.1, 0.15) is 18.1 Å². The predicted molar refractivity (Wildman–Crippen MR) is 120 cm³/mol. The lowest BCUT2D eigenvalue weighted by molar-refractivity contribution is -0.757. The SMILES string of the molecule is C=C(C)[C@H]1CCC(COC(C)=O)=C[C@@H]1c1c(O)cc(C(C)(C)CCCO[N+](=O)[O-])cc1O. The fourth-order valence-electron chi connectivity index (χ4n) is 4.28. The molecular formula is C24H33NO7. The zero-order valence-electron chi connectivity index (χ0n) is 19.2. The molecule has 2 rings (SSSR count). The number of carbonyl (C=O) groups is 1. The fraction of sp³-hybridized carbons (Fsp3) is 0.542. The Bertz CT molecular complexity index is 881. The Kier molecular flexibility index (Phi) is 8.30. The Hall–Kier alpha value is -3.03.